The Morgan fingerprint density at radius 2 is 1.52 bits per heavy atom. The van der Waals surface area contributed by atoms with Crippen LogP contribution in [0.25, 0.3) is 11.1 Å². The Kier molecular flexibility index (Phi) is 3.54. The van der Waals surface area contributed by atoms with Crippen molar-refractivity contribution >= 4 is 5.91 Å². The molecule has 0 bridgehead atoms. The van der Waals surface area contributed by atoms with Gasteiger partial charge in [-0.25, -0.2) is 0 Å². The first-order valence-corrected chi connectivity index (χ1v) is 7.61. The fourth-order valence-corrected chi connectivity index (χ4v) is 3.13. The van der Waals surface area contributed by atoms with Gasteiger partial charge in [-0.3, -0.25) is 4.79 Å². The van der Waals surface area contributed by atoms with Gasteiger partial charge in [-0.05, 0) is 42.5 Å². The van der Waals surface area contributed by atoms with Crippen molar-refractivity contribution in [1.82, 2.24) is 5.32 Å². The smallest absolute Gasteiger partial charge is 0.232 e. The van der Waals surface area contributed by atoms with Crippen LogP contribution >= 0.6 is 0 Å². The van der Waals surface area contributed by atoms with Gasteiger partial charge in [0, 0.05) is 6.54 Å². The van der Waals surface area contributed by atoms with Gasteiger partial charge in [-0.1, -0.05) is 54.4 Å². The molecule has 1 amide bonds. The van der Waals surface area contributed by atoms with E-state index in [1.54, 1.807) is 0 Å². The lowest BCUT2D eigenvalue weighted by atomic mass is 9.94. The van der Waals surface area contributed by atoms with E-state index in [2.05, 4.69) is 62.5 Å². The summed E-state index contributed by atoms with van der Waals surface area (Å²) in [5, 5.41) is 3.06. The molecule has 0 saturated heterocycles. The summed E-state index contributed by atoms with van der Waals surface area (Å²) < 4.78 is 0. The average Bonchev–Trinajstić information content (AvgIpc) is 2.77. The number of aryl methyl sites for hydroxylation is 2. The number of amides is 1. The lowest BCUT2D eigenvalue weighted by Crippen LogP contribution is -2.29. The monoisotopic (exact) mass is 279 g/mol. The molecule has 2 aromatic rings. The Hall–Kier alpha value is -2.09. The normalized spacial score (nSPS) is 12.9. The Balaban J connectivity index is 2.13. The van der Waals surface area contributed by atoms with Crippen molar-refractivity contribution in [3.63, 3.8) is 0 Å². The van der Waals surface area contributed by atoms with Crippen LogP contribution in [0.15, 0.2) is 36.4 Å². The summed E-state index contributed by atoms with van der Waals surface area (Å²) >= 11 is 0. The summed E-state index contributed by atoms with van der Waals surface area (Å²) in [6.07, 6.45) is 0.958. The molecule has 0 unspecified atom stereocenters. The highest BCUT2D eigenvalue weighted by Gasteiger charge is 2.33. The lowest BCUT2D eigenvalue weighted by molar-refractivity contribution is -0.121. The maximum atomic E-state index is 12.6. The third-order valence-corrected chi connectivity index (χ3v) is 4.14. The molecule has 0 saturated carbocycles. The minimum atomic E-state index is -0.165. The van der Waals surface area contributed by atoms with E-state index in [1.807, 2.05) is 0 Å². The molecule has 0 spiro atoms. The fourth-order valence-electron chi connectivity index (χ4n) is 3.13. The zero-order valence-corrected chi connectivity index (χ0v) is 12.9. The molecule has 2 aromatic carbocycles. The van der Waals surface area contributed by atoms with Crippen LogP contribution in [0.2, 0.25) is 0 Å². The molecule has 2 heteroatoms. The van der Waals surface area contributed by atoms with Gasteiger partial charge in [0.1, 0.15) is 0 Å². The van der Waals surface area contributed by atoms with Gasteiger partial charge in [0.25, 0.3) is 0 Å². The van der Waals surface area contributed by atoms with E-state index in [4.69, 9.17) is 0 Å². The number of fused-ring (bicyclic) bond motifs is 3. The second kappa shape index (κ2) is 5.36. The molecule has 0 fully saturated rings. The summed E-state index contributed by atoms with van der Waals surface area (Å²) in [6, 6.07) is 12.8. The highest BCUT2D eigenvalue weighted by atomic mass is 16.1. The Labute approximate surface area is 126 Å². The molecule has 1 aliphatic carbocycles. The molecule has 1 N–H and O–H groups in total. The van der Waals surface area contributed by atoms with E-state index >= 15 is 0 Å². The van der Waals surface area contributed by atoms with Crippen LogP contribution in [0.4, 0.5) is 0 Å². The Morgan fingerprint density at radius 3 is 2.00 bits per heavy atom. The predicted molar refractivity (Wildman–Crippen MR) is 86.5 cm³/mol. The molecule has 0 atom stereocenters. The maximum Gasteiger partial charge on any atom is 0.232 e. The average molecular weight is 279 g/mol. The topological polar surface area (TPSA) is 29.1 Å². The van der Waals surface area contributed by atoms with Crippen molar-refractivity contribution in [2.45, 2.75) is 33.1 Å². The minimum Gasteiger partial charge on any atom is -0.355 e. The molecule has 1 aliphatic rings. The third-order valence-electron chi connectivity index (χ3n) is 4.14. The number of carbonyl (C=O) groups is 1. The molecular weight excluding hydrogens is 258 g/mol. The van der Waals surface area contributed by atoms with Gasteiger partial charge in [0.15, 0.2) is 0 Å². The molecule has 108 valence electrons. The van der Waals surface area contributed by atoms with Crippen LogP contribution in [-0.4, -0.2) is 12.5 Å². The first-order valence-electron chi connectivity index (χ1n) is 7.61. The van der Waals surface area contributed by atoms with Crippen LogP contribution in [0, 0.1) is 13.8 Å². The number of carbonyl (C=O) groups excluding carboxylic acids is 1. The van der Waals surface area contributed by atoms with E-state index in [0.717, 1.165) is 24.1 Å². The fraction of sp³-hybridized carbons (Fsp3) is 0.316. The van der Waals surface area contributed by atoms with Gasteiger partial charge in [-0.15, -0.1) is 0 Å². The zero-order valence-electron chi connectivity index (χ0n) is 12.9. The SMILES string of the molecule is CCCNC(=O)C1c2cc(C)ccc2-c2ccc(C)cc21. The Morgan fingerprint density at radius 1 is 1.00 bits per heavy atom. The second-order valence-electron chi connectivity index (χ2n) is 5.91. The van der Waals surface area contributed by atoms with Gasteiger partial charge in [0.05, 0.1) is 5.92 Å². The minimum absolute atomic E-state index is 0.119. The summed E-state index contributed by atoms with van der Waals surface area (Å²) in [5.41, 5.74) is 7.09. The highest BCUT2D eigenvalue weighted by Crippen LogP contribution is 2.45. The molecule has 0 aliphatic heterocycles. The standard InChI is InChI=1S/C19H21NO/c1-4-9-20-19(21)18-16-10-12(2)5-7-14(16)15-8-6-13(3)11-17(15)18/h5-8,10-11,18H,4,9H2,1-3H3,(H,20,21). The van der Waals surface area contributed by atoms with Crippen LogP contribution < -0.4 is 5.32 Å². The molecule has 3 rings (SSSR count). The quantitative estimate of drug-likeness (QED) is 0.906. The lowest BCUT2D eigenvalue weighted by Gasteiger charge is -2.14. The van der Waals surface area contributed by atoms with E-state index in [1.165, 1.54) is 22.3 Å². The van der Waals surface area contributed by atoms with E-state index in [-0.39, 0.29) is 11.8 Å². The second-order valence-corrected chi connectivity index (χ2v) is 5.91. The molecule has 0 aromatic heterocycles. The maximum absolute atomic E-state index is 12.6. The molecule has 0 heterocycles. The Bertz CT molecular complexity index is 651. The van der Waals surface area contributed by atoms with Crippen molar-refractivity contribution in [3.05, 3.63) is 58.7 Å². The van der Waals surface area contributed by atoms with Crippen LogP contribution in [-0.2, 0) is 4.79 Å². The highest BCUT2D eigenvalue weighted by molar-refractivity contribution is 5.96. The van der Waals surface area contributed by atoms with Crippen molar-refractivity contribution in [2.75, 3.05) is 6.54 Å². The van der Waals surface area contributed by atoms with Gasteiger partial charge < -0.3 is 5.32 Å². The zero-order chi connectivity index (χ0) is 15.0. The molecule has 21 heavy (non-hydrogen) atoms. The number of rotatable bonds is 3. The number of hydrogen-bond acceptors (Lipinski definition) is 1. The van der Waals surface area contributed by atoms with Gasteiger partial charge in [-0.2, -0.15) is 0 Å². The van der Waals surface area contributed by atoms with Crippen molar-refractivity contribution in [2.24, 2.45) is 0 Å². The third kappa shape index (κ3) is 2.35. The van der Waals surface area contributed by atoms with Gasteiger partial charge >= 0.3 is 0 Å². The van der Waals surface area contributed by atoms with Crippen molar-refractivity contribution in [3.8, 4) is 11.1 Å². The van der Waals surface area contributed by atoms with Crippen LogP contribution in [0.1, 0.15) is 41.5 Å². The molecule has 2 nitrogen and oxygen atoms in total. The molecular formula is C19H21NO. The number of benzene rings is 2. The van der Waals surface area contributed by atoms with Crippen LogP contribution in [0.5, 0.6) is 0 Å². The largest absolute Gasteiger partial charge is 0.355 e. The van der Waals surface area contributed by atoms with Crippen molar-refractivity contribution < 1.29 is 4.79 Å². The van der Waals surface area contributed by atoms with Crippen LogP contribution in [0.3, 0.4) is 0 Å². The van der Waals surface area contributed by atoms with E-state index in [0.29, 0.717) is 0 Å². The number of hydrogen-bond donors (Lipinski definition) is 1. The van der Waals surface area contributed by atoms with Crippen molar-refractivity contribution in [1.29, 1.82) is 0 Å². The van der Waals surface area contributed by atoms with E-state index < -0.39 is 0 Å². The summed E-state index contributed by atoms with van der Waals surface area (Å²) in [6.45, 7) is 6.97. The predicted octanol–water partition coefficient (Wildman–Crippen LogP) is 3.94. The first-order chi connectivity index (χ1) is 10.1. The summed E-state index contributed by atoms with van der Waals surface area (Å²) in [7, 11) is 0. The summed E-state index contributed by atoms with van der Waals surface area (Å²) in [4.78, 5) is 12.6. The van der Waals surface area contributed by atoms with Gasteiger partial charge in [0.2, 0.25) is 5.91 Å². The van der Waals surface area contributed by atoms with E-state index in [9.17, 15) is 4.79 Å². The summed E-state index contributed by atoms with van der Waals surface area (Å²) in [5.74, 6) is -0.0469. The number of nitrogens with one attached hydrogen (secondary N) is 1. The first kappa shape index (κ1) is 13.9. The molecule has 0 radical (unpaired) electrons.